The summed E-state index contributed by atoms with van der Waals surface area (Å²) >= 11 is 0. The quantitative estimate of drug-likeness (QED) is 0.653. The molecule has 0 spiro atoms. The van der Waals surface area contributed by atoms with Gasteiger partial charge in [-0.15, -0.1) is 0 Å². The van der Waals surface area contributed by atoms with E-state index in [0.717, 1.165) is 6.42 Å². The average Bonchev–Trinajstić information content (AvgIpc) is 1.98. The van der Waals surface area contributed by atoms with Gasteiger partial charge in [0.1, 0.15) is 0 Å². The molecule has 90 valence electrons. The fraction of sp³-hybridized carbons (Fsp3) is 1.00. The van der Waals surface area contributed by atoms with Gasteiger partial charge in [-0.25, -0.2) is 0 Å². The Bertz CT molecular complexity index is 246. The zero-order chi connectivity index (χ0) is 12.1. The fourth-order valence-electron chi connectivity index (χ4n) is 3.28. The lowest BCUT2D eigenvalue weighted by Gasteiger charge is -2.59. The molecule has 0 aromatic heterocycles. The highest BCUT2D eigenvalue weighted by molar-refractivity contribution is 5.05. The summed E-state index contributed by atoms with van der Waals surface area (Å²) in [4.78, 5) is 2.26. The summed E-state index contributed by atoms with van der Waals surface area (Å²) in [7, 11) is 2.07. The van der Waals surface area contributed by atoms with E-state index < -0.39 is 5.79 Å². The van der Waals surface area contributed by atoms with E-state index in [4.69, 9.17) is 0 Å². The first-order valence-corrected chi connectivity index (χ1v) is 5.74. The van der Waals surface area contributed by atoms with Crippen molar-refractivity contribution in [2.24, 2.45) is 5.92 Å². The van der Waals surface area contributed by atoms with Gasteiger partial charge in [-0.2, -0.15) is 0 Å². The Morgan fingerprint density at radius 3 is 2.07 bits per heavy atom. The molecule has 2 N–H and O–H groups in total. The Morgan fingerprint density at radius 2 is 1.67 bits per heavy atom. The molecule has 1 rings (SSSR count). The third kappa shape index (κ3) is 1.93. The Hall–Kier alpha value is -0.120. The monoisotopic (exact) mass is 215 g/mol. The molecule has 0 aromatic carbocycles. The zero-order valence-corrected chi connectivity index (χ0v) is 10.8. The maximum Gasteiger partial charge on any atom is 0.168 e. The maximum atomic E-state index is 10.2. The number of hydrogen-bond donors (Lipinski definition) is 2. The molecule has 0 saturated carbocycles. The molecular weight excluding hydrogens is 190 g/mol. The van der Waals surface area contributed by atoms with E-state index in [1.165, 1.54) is 0 Å². The lowest BCUT2D eigenvalue weighted by molar-refractivity contribution is -0.279. The van der Waals surface area contributed by atoms with Crippen molar-refractivity contribution in [3.8, 4) is 0 Å². The van der Waals surface area contributed by atoms with Crippen molar-refractivity contribution >= 4 is 0 Å². The van der Waals surface area contributed by atoms with E-state index in [1.807, 2.05) is 6.92 Å². The fourth-order valence-corrected chi connectivity index (χ4v) is 3.28. The Morgan fingerprint density at radius 1 is 1.20 bits per heavy atom. The van der Waals surface area contributed by atoms with Crippen LogP contribution in [0.5, 0.6) is 0 Å². The van der Waals surface area contributed by atoms with Crippen LogP contribution < -0.4 is 0 Å². The molecule has 1 aliphatic rings. The van der Waals surface area contributed by atoms with Crippen molar-refractivity contribution in [1.29, 1.82) is 0 Å². The minimum Gasteiger partial charge on any atom is -0.365 e. The molecule has 0 radical (unpaired) electrons. The van der Waals surface area contributed by atoms with E-state index in [1.54, 1.807) is 0 Å². The minimum absolute atomic E-state index is 0.108. The molecule has 0 amide bonds. The highest BCUT2D eigenvalue weighted by atomic mass is 16.5. The molecule has 3 heteroatoms. The first kappa shape index (κ1) is 12.9. The van der Waals surface area contributed by atoms with Crippen molar-refractivity contribution in [3.63, 3.8) is 0 Å². The molecule has 3 nitrogen and oxygen atoms in total. The van der Waals surface area contributed by atoms with Gasteiger partial charge in [-0.1, -0.05) is 6.92 Å². The third-order valence-electron chi connectivity index (χ3n) is 4.28. The molecular formula is C12H25NO2. The van der Waals surface area contributed by atoms with Crippen molar-refractivity contribution in [2.75, 3.05) is 7.05 Å². The Kier molecular flexibility index (Phi) is 2.97. The van der Waals surface area contributed by atoms with Crippen LogP contribution in [0.3, 0.4) is 0 Å². The smallest absolute Gasteiger partial charge is 0.168 e. The number of nitrogens with zero attached hydrogens (tertiary/aromatic N) is 1. The summed E-state index contributed by atoms with van der Waals surface area (Å²) in [5.74, 6) is -1.66. The normalized spacial score (nSPS) is 34.0. The average molecular weight is 215 g/mol. The largest absolute Gasteiger partial charge is 0.365 e. The van der Waals surface area contributed by atoms with Gasteiger partial charge in [0.2, 0.25) is 0 Å². The summed E-state index contributed by atoms with van der Waals surface area (Å²) in [5.41, 5.74) is -0.376. The lowest BCUT2D eigenvalue weighted by Crippen LogP contribution is -2.69. The number of piperidine rings is 1. The van der Waals surface area contributed by atoms with E-state index in [2.05, 4.69) is 39.6 Å². The van der Waals surface area contributed by atoms with Crippen LogP contribution in [0.15, 0.2) is 0 Å². The zero-order valence-electron chi connectivity index (χ0n) is 10.8. The van der Waals surface area contributed by atoms with Crippen LogP contribution in [-0.4, -0.2) is 39.0 Å². The lowest BCUT2D eigenvalue weighted by atomic mass is 9.68. The standard InChI is InChI=1S/C12H25NO2/c1-7-9-11(4,5)13(6)10(2,3)8-12(9,14)15/h9,14-15H,7-8H2,1-6H3. The van der Waals surface area contributed by atoms with Gasteiger partial charge in [-0.3, -0.25) is 4.90 Å². The van der Waals surface area contributed by atoms with Crippen LogP contribution in [0.2, 0.25) is 0 Å². The van der Waals surface area contributed by atoms with Crippen LogP contribution in [-0.2, 0) is 0 Å². The molecule has 0 aromatic rings. The van der Waals surface area contributed by atoms with Gasteiger partial charge in [0.05, 0.1) is 0 Å². The number of hydrogen-bond acceptors (Lipinski definition) is 3. The topological polar surface area (TPSA) is 43.7 Å². The molecule has 0 aliphatic carbocycles. The second-order valence-corrected chi connectivity index (χ2v) is 6.04. The van der Waals surface area contributed by atoms with Gasteiger partial charge in [0.25, 0.3) is 0 Å². The summed E-state index contributed by atoms with van der Waals surface area (Å²) in [6.07, 6.45) is 1.18. The molecule has 1 fully saturated rings. The van der Waals surface area contributed by atoms with Gasteiger partial charge < -0.3 is 10.2 Å². The molecule has 0 bridgehead atoms. The first-order chi connectivity index (χ1) is 6.55. The van der Waals surface area contributed by atoms with Crippen molar-refractivity contribution in [1.82, 2.24) is 4.90 Å². The number of rotatable bonds is 1. The summed E-state index contributed by atoms with van der Waals surface area (Å²) in [5, 5.41) is 20.3. The predicted molar refractivity (Wildman–Crippen MR) is 61.5 cm³/mol. The summed E-state index contributed by atoms with van der Waals surface area (Å²) in [6, 6.07) is 0. The molecule has 1 saturated heterocycles. The Labute approximate surface area is 93.1 Å². The maximum absolute atomic E-state index is 10.2. The summed E-state index contributed by atoms with van der Waals surface area (Å²) in [6.45, 7) is 10.3. The second-order valence-electron chi connectivity index (χ2n) is 6.04. The summed E-state index contributed by atoms with van der Waals surface area (Å²) < 4.78 is 0. The van der Waals surface area contributed by atoms with Crippen LogP contribution in [0, 0.1) is 5.92 Å². The van der Waals surface area contributed by atoms with Crippen LogP contribution in [0.1, 0.15) is 47.5 Å². The van der Waals surface area contributed by atoms with Crippen molar-refractivity contribution in [3.05, 3.63) is 0 Å². The van der Waals surface area contributed by atoms with E-state index in [0.29, 0.717) is 6.42 Å². The van der Waals surface area contributed by atoms with Gasteiger partial charge >= 0.3 is 0 Å². The SMILES string of the molecule is CCC1C(O)(O)CC(C)(C)N(C)C1(C)C. The van der Waals surface area contributed by atoms with E-state index >= 15 is 0 Å². The van der Waals surface area contributed by atoms with Crippen molar-refractivity contribution in [2.45, 2.75) is 64.3 Å². The first-order valence-electron chi connectivity index (χ1n) is 5.74. The van der Waals surface area contributed by atoms with Crippen LogP contribution in [0.25, 0.3) is 0 Å². The number of aliphatic hydroxyl groups is 2. The molecule has 1 unspecified atom stereocenters. The highest BCUT2D eigenvalue weighted by Crippen LogP contribution is 2.46. The van der Waals surface area contributed by atoms with E-state index in [9.17, 15) is 10.2 Å². The second kappa shape index (κ2) is 3.44. The molecule has 1 aliphatic heterocycles. The van der Waals surface area contributed by atoms with E-state index in [-0.39, 0.29) is 17.0 Å². The third-order valence-corrected chi connectivity index (χ3v) is 4.28. The van der Waals surface area contributed by atoms with Crippen molar-refractivity contribution < 1.29 is 10.2 Å². The Balaban J connectivity index is 3.13. The molecule has 1 atom stereocenters. The minimum atomic E-state index is -1.55. The molecule has 15 heavy (non-hydrogen) atoms. The van der Waals surface area contributed by atoms with Crippen LogP contribution in [0.4, 0.5) is 0 Å². The highest BCUT2D eigenvalue weighted by Gasteiger charge is 2.55. The molecule has 1 heterocycles. The van der Waals surface area contributed by atoms with Crippen LogP contribution >= 0.6 is 0 Å². The van der Waals surface area contributed by atoms with Gasteiger partial charge in [-0.05, 0) is 41.2 Å². The van der Waals surface area contributed by atoms with Gasteiger partial charge in [0.15, 0.2) is 5.79 Å². The predicted octanol–water partition coefficient (Wildman–Crippen LogP) is 1.59. The number of likely N-dealkylation sites (tertiary alicyclic amines) is 1. The van der Waals surface area contributed by atoms with Gasteiger partial charge in [0, 0.05) is 23.4 Å².